The highest BCUT2D eigenvalue weighted by molar-refractivity contribution is 8.00. The first kappa shape index (κ1) is 31.0. The minimum Gasteiger partial charge on any atom is -0.508 e. The number of carboxylic acids is 1. The van der Waals surface area contributed by atoms with E-state index < -0.39 is 5.97 Å². The Morgan fingerprint density at radius 3 is 2.65 bits per heavy atom. The van der Waals surface area contributed by atoms with E-state index in [-0.39, 0.29) is 76.7 Å². The van der Waals surface area contributed by atoms with Gasteiger partial charge in [-0.05, 0) is 54.8 Å². The predicted octanol–water partition coefficient (Wildman–Crippen LogP) is 2.20. The zero-order valence-electron chi connectivity index (χ0n) is 24.7. The molecule has 7 N–H and O–H groups in total. The molecule has 3 heterocycles. The number of carbonyl (C=O) groups is 3. The van der Waals surface area contributed by atoms with Crippen LogP contribution in [-0.2, 0) is 4.79 Å². The lowest BCUT2D eigenvalue weighted by molar-refractivity contribution is -0.463. The molecule has 6 rings (SSSR count). The van der Waals surface area contributed by atoms with Crippen molar-refractivity contribution >= 4 is 46.5 Å². The maximum absolute atomic E-state index is 12.4. The Balaban J connectivity index is 1.09. The van der Waals surface area contributed by atoms with Crippen LogP contribution in [0.15, 0.2) is 63.8 Å². The monoisotopic (exact) mass is 645 g/mol. The van der Waals surface area contributed by atoms with Gasteiger partial charge in [0.1, 0.15) is 17.1 Å². The lowest BCUT2D eigenvalue weighted by Crippen LogP contribution is -2.75. The third kappa shape index (κ3) is 6.50. The molecule has 3 aliphatic heterocycles. The van der Waals surface area contributed by atoms with E-state index in [1.165, 1.54) is 30.3 Å². The van der Waals surface area contributed by atoms with Crippen LogP contribution in [0.1, 0.15) is 41.6 Å². The Labute approximate surface area is 267 Å². The molecular weight excluding hydrogens is 612 g/mol. The Bertz CT molecular complexity index is 1890. The molecule has 0 spiro atoms. The number of phenols is 1. The van der Waals surface area contributed by atoms with Crippen LogP contribution in [0.4, 0.5) is 4.79 Å². The van der Waals surface area contributed by atoms with Crippen molar-refractivity contribution in [3.8, 4) is 28.2 Å². The van der Waals surface area contributed by atoms with Crippen LogP contribution in [-0.4, -0.2) is 75.3 Å². The minimum absolute atomic E-state index is 0.0499. The van der Waals surface area contributed by atoms with Gasteiger partial charge in [0.2, 0.25) is 5.91 Å². The van der Waals surface area contributed by atoms with Gasteiger partial charge in [0.05, 0.1) is 29.8 Å². The summed E-state index contributed by atoms with van der Waals surface area (Å²) in [4.78, 5) is 51.1. The van der Waals surface area contributed by atoms with Crippen molar-refractivity contribution in [3.05, 3.63) is 75.9 Å². The smallest absolute Gasteiger partial charge is 0.365 e. The number of aliphatic hydroxyl groups is 1. The number of benzene rings is 3. The number of thioether (sulfide) groups is 1. The zero-order valence-corrected chi connectivity index (χ0v) is 25.5. The van der Waals surface area contributed by atoms with E-state index in [2.05, 4.69) is 20.9 Å². The molecule has 2 saturated heterocycles. The molecule has 0 unspecified atom stereocenters. The van der Waals surface area contributed by atoms with Gasteiger partial charge >= 0.3 is 17.9 Å². The van der Waals surface area contributed by atoms with Gasteiger partial charge in [0, 0.05) is 46.1 Å². The molecule has 12 nitrogen and oxygen atoms in total. The number of urea groups is 1. The third-order valence-electron chi connectivity index (χ3n) is 8.29. The molecule has 3 atom stereocenters. The fraction of sp³-hybridized carbons (Fsp3) is 0.303. The number of nitrogens with one attached hydrogen (secondary N) is 4. The summed E-state index contributed by atoms with van der Waals surface area (Å²) in [7, 11) is 0. The van der Waals surface area contributed by atoms with Gasteiger partial charge < -0.3 is 35.7 Å². The summed E-state index contributed by atoms with van der Waals surface area (Å²) in [6, 6.07) is 13.4. The molecule has 0 bridgehead atoms. The number of aromatic carboxylic acids is 1. The molecule has 46 heavy (non-hydrogen) atoms. The lowest BCUT2D eigenvalue weighted by Gasteiger charge is -2.17. The molecule has 2 aromatic rings. The summed E-state index contributed by atoms with van der Waals surface area (Å²) >= 11 is 1.85. The number of fused-ring (bicyclic) bond motifs is 3. The van der Waals surface area contributed by atoms with E-state index in [0.29, 0.717) is 33.7 Å². The lowest BCUT2D eigenvalue weighted by atomic mass is 9.90. The van der Waals surface area contributed by atoms with E-state index in [4.69, 9.17) is 4.42 Å². The van der Waals surface area contributed by atoms with Gasteiger partial charge in [-0.1, -0.05) is 12.5 Å². The first-order chi connectivity index (χ1) is 22.2. The summed E-state index contributed by atoms with van der Waals surface area (Å²) < 4.78 is 5.86. The SMILES string of the molecule is O=C(CCCC[C@@H]1SC[C@@H]2NC(=O)N[C@@H]21)NCC[NH+]=C(O)c1ccc(-c2c3ccc(=O)cc-3oc3cc(O)ccc23)c(C(=O)O)c1. The molecule has 1 aliphatic carbocycles. The van der Waals surface area contributed by atoms with Crippen molar-refractivity contribution in [2.75, 3.05) is 18.8 Å². The van der Waals surface area contributed by atoms with Crippen molar-refractivity contribution in [1.29, 1.82) is 0 Å². The van der Waals surface area contributed by atoms with E-state index in [0.717, 1.165) is 25.0 Å². The maximum atomic E-state index is 12.4. The van der Waals surface area contributed by atoms with Gasteiger partial charge in [0.15, 0.2) is 12.0 Å². The normalized spacial score (nSPS) is 19.2. The standard InChI is InChI=1S/C33H32N4O8S/c38-18-6-9-21-25(14-18)45-26-15-19(39)7-10-22(26)29(21)20-8-5-17(13-23(20)32(42)43)31(41)35-12-11-34-28(40)4-2-1-3-27-30-24(16-46-27)36-33(44)37-30/h5-10,13-15,24,27,30,38H,1-4,11-12,16H2,(H,34,40)(H,35,41)(H,42,43)(H2,36,37,44)/p+1/t24-,27-,30-/m0/s1. The maximum Gasteiger partial charge on any atom is 0.365 e. The molecule has 0 saturated carbocycles. The summed E-state index contributed by atoms with van der Waals surface area (Å²) in [6.07, 6.45) is 2.92. The number of carbonyl (C=O) groups excluding carboxylic acids is 2. The van der Waals surface area contributed by atoms with Crippen LogP contribution in [0.3, 0.4) is 0 Å². The van der Waals surface area contributed by atoms with Crippen LogP contribution in [0, 0.1) is 0 Å². The van der Waals surface area contributed by atoms with Crippen LogP contribution < -0.4 is 26.4 Å². The van der Waals surface area contributed by atoms with E-state index in [9.17, 15) is 34.5 Å². The number of aliphatic hydroxyl groups excluding tert-OH is 1. The molecule has 2 fully saturated rings. The molecule has 2 aromatic carbocycles. The van der Waals surface area contributed by atoms with Crippen LogP contribution >= 0.6 is 11.8 Å². The number of phenolic OH excluding ortho intramolecular Hbond substituents is 1. The van der Waals surface area contributed by atoms with Crippen molar-refractivity contribution in [1.82, 2.24) is 16.0 Å². The van der Waals surface area contributed by atoms with E-state index in [1.54, 1.807) is 24.3 Å². The predicted molar refractivity (Wildman–Crippen MR) is 173 cm³/mol. The Hall–Kier alpha value is -5.04. The quantitative estimate of drug-likeness (QED) is 0.0421. The summed E-state index contributed by atoms with van der Waals surface area (Å²) in [5.41, 5.74) is 1.49. The first-order valence-corrected chi connectivity index (χ1v) is 16.1. The van der Waals surface area contributed by atoms with Crippen LogP contribution in [0.5, 0.6) is 5.75 Å². The minimum atomic E-state index is -1.23. The summed E-state index contributed by atoms with van der Waals surface area (Å²) in [5, 5.41) is 40.5. The Morgan fingerprint density at radius 2 is 1.83 bits per heavy atom. The molecule has 0 radical (unpaired) electrons. The molecule has 3 amide bonds. The highest BCUT2D eigenvalue weighted by Gasteiger charge is 2.42. The van der Waals surface area contributed by atoms with Crippen molar-refractivity contribution in [3.63, 3.8) is 0 Å². The third-order valence-corrected chi connectivity index (χ3v) is 9.80. The zero-order chi connectivity index (χ0) is 32.4. The van der Waals surface area contributed by atoms with Gasteiger partial charge in [-0.25, -0.2) is 14.6 Å². The van der Waals surface area contributed by atoms with Gasteiger partial charge in [0.25, 0.3) is 0 Å². The summed E-state index contributed by atoms with van der Waals surface area (Å²) in [5.74, 6) is -0.482. The number of amides is 3. The largest absolute Gasteiger partial charge is 0.508 e. The highest BCUT2D eigenvalue weighted by atomic mass is 32.2. The number of aromatic hydroxyl groups is 1. The number of carboxylic acid groups (broad SMARTS) is 1. The number of hydrogen-bond donors (Lipinski definition) is 7. The molecular formula is C33H33N4O8S+. The molecule has 0 aromatic heterocycles. The first-order valence-electron chi connectivity index (χ1n) is 15.0. The van der Waals surface area contributed by atoms with Crippen LogP contribution in [0.2, 0.25) is 0 Å². The second-order valence-corrected chi connectivity index (χ2v) is 12.6. The highest BCUT2D eigenvalue weighted by Crippen LogP contribution is 2.42. The second-order valence-electron chi connectivity index (χ2n) is 11.4. The van der Waals surface area contributed by atoms with Crippen LogP contribution in [0.25, 0.3) is 33.4 Å². The van der Waals surface area contributed by atoms with E-state index in [1.807, 2.05) is 11.8 Å². The Morgan fingerprint density at radius 1 is 1.00 bits per heavy atom. The average Bonchev–Trinajstić information content (AvgIpc) is 3.58. The molecule has 13 heteroatoms. The second kappa shape index (κ2) is 13.1. The van der Waals surface area contributed by atoms with Gasteiger partial charge in [-0.2, -0.15) is 11.8 Å². The van der Waals surface area contributed by atoms with Gasteiger partial charge in [-0.15, -0.1) is 0 Å². The fourth-order valence-corrected chi connectivity index (χ4v) is 7.63. The number of unbranched alkanes of at least 4 members (excludes halogenated alkanes) is 1. The molecule has 238 valence electrons. The average molecular weight is 646 g/mol. The van der Waals surface area contributed by atoms with E-state index >= 15 is 0 Å². The topological polar surface area (TPSA) is 192 Å². The molecule has 4 aliphatic rings. The van der Waals surface area contributed by atoms with Crippen molar-refractivity contribution < 1.29 is 39.1 Å². The van der Waals surface area contributed by atoms with Crippen molar-refractivity contribution in [2.45, 2.75) is 43.0 Å². The Kier molecular flexibility index (Phi) is 8.84. The van der Waals surface area contributed by atoms with Gasteiger partial charge in [-0.3, -0.25) is 9.59 Å². The van der Waals surface area contributed by atoms with Crippen molar-refractivity contribution in [2.24, 2.45) is 0 Å². The fourth-order valence-electron chi connectivity index (χ4n) is 6.08. The summed E-state index contributed by atoms with van der Waals surface area (Å²) in [6.45, 7) is 0.472. The number of rotatable bonds is 11. The number of hydrogen-bond acceptors (Lipinski definition) is 7.